The quantitative estimate of drug-likeness (QED) is 0.824. The Labute approximate surface area is 89.5 Å². The lowest BCUT2D eigenvalue weighted by Gasteiger charge is -2.14. The van der Waals surface area contributed by atoms with Crippen LogP contribution in [0.1, 0.15) is 24.8 Å². The predicted molar refractivity (Wildman–Crippen MR) is 60.8 cm³/mol. The molecule has 2 rings (SSSR count). The fourth-order valence-electron chi connectivity index (χ4n) is 1.98. The summed E-state index contributed by atoms with van der Waals surface area (Å²) >= 11 is 1.95. The Morgan fingerprint density at radius 1 is 1.50 bits per heavy atom. The summed E-state index contributed by atoms with van der Waals surface area (Å²) in [6.45, 7) is 2.43. The van der Waals surface area contributed by atoms with E-state index < -0.39 is 0 Å². The molecule has 1 aliphatic heterocycles. The highest BCUT2D eigenvalue weighted by Gasteiger charge is 2.23. The van der Waals surface area contributed by atoms with Crippen LogP contribution in [0.5, 0.6) is 0 Å². The molecule has 1 heterocycles. The van der Waals surface area contributed by atoms with E-state index in [1.165, 1.54) is 16.2 Å². The minimum absolute atomic E-state index is 0.309. The van der Waals surface area contributed by atoms with Gasteiger partial charge in [-0.1, -0.05) is 25.1 Å². The second-order valence-corrected chi connectivity index (χ2v) is 5.13. The number of aliphatic hydroxyl groups is 1. The van der Waals surface area contributed by atoms with Gasteiger partial charge in [0.2, 0.25) is 0 Å². The maximum absolute atomic E-state index is 9.04. The van der Waals surface area contributed by atoms with E-state index in [1.807, 2.05) is 11.8 Å². The highest BCUT2D eigenvalue weighted by molar-refractivity contribution is 7.99. The second kappa shape index (κ2) is 4.37. The van der Waals surface area contributed by atoms with Gasteiger partial charge in [-0.15, -0.1) is 11.8 Å². The van der Waals surface area contributed by atoms with E-state index in [4.69, 9.17) is 5.11 Å². The number of aliphatic hydroxyl groups excluding tert-OH is 1. The van der Waals surface area contributed by atoms with Crippen molar-refractivity contribution in [1.82, 2.24) is 0 Å². The fraction of sp³-hybridized carbons (Fsp3) is 0.500. The first-order valence-electron chi connectivity index (χ1n) is 5.14. The van der Waals surface area contributed by atoms with Crippen molar-refractivity contribution in [3.05, 3.63) is 29.8 Å². The van der Waals surface area contributed by atoms with E-state index in [0.29, 0.717) is 18.4 Å². The van der Waals surface area contributed by atoms with Crippen molar-refractivity contribution in [2.45, 2.75) is 24.2 Å². The Bertz CT molecular complexity index is 311. The van der Waals surface area contributed by atoms with Crippen LogP contribution >= 0.6 is 11.8 Å². The summed E-state index contributed by atoms with van der Waals surface area (Å²) in [7, 11) is 0. The van der Waals surface area contributed by atoms with Crippen molar-refractivity contribution >= 4 is 11.8 Å². The third-order valence-corrected chi connectivity index (χ3v) is 4.05. The Morgan fingerprint density at radius 3 is 3.07 bits per heavy atom. The van der Waals surface area contributed by atoms with Crippen LogP contribution in [0, 0.1) is 5.92 Å². The minimum Gasteiger partial charge on any atom is -0.396 e. The zero-order valence-electron chi connectivity index (χ0n) is 8.44. The van der Waals surface area contributed by atoms with Crippen molar-refractivity contribution in [3.63, 3.8) is 0 Å². The van der Waals surface area contributed by atoms with Crippen LogP contribution < -0.4 is 0 Å². The normalized spacial score (nSPS) is 22.0. The summed E-state index contributed by atoms with van der Waals surface area (Å²) in [4.78, 5) is 1.43. The Hall–Kier alpha value is -0.470. The fourth-order valence-corrected chi connectivity index (χ4v) is 3.26. The standard InChI is InChI=1S/C12H16OS/c1-9(7-13)6-10-8-14-12-5-3-2-4-11(10)12/h2-5,9-10,13H,6-8H2,1H3. The van der Waals surface area contributed by atoms with Crippen LogP contribution in [0.25, 0.3) is 0 Å². The summed E-state index contributed by atoms with van der Waals surface area (Å²) < 4.78 is 0. The Kier molecular flexibility index (Phi) is 3.14. The van der Waals surface area contributed by atoms with E-state index in [1.54, 1.807) is 0 Å². The van der Waals surface area contributed by atoms with E-state index >= 15 is 0 Å². The molecule has 14 heavy (non-hydrogen) atoms. The molecular formula is C12H16OS. The molecule has 0 amide bonds. The second-order valence-electron chi connectivity index (χ2n) is 4.07. The van der Waals surface area contributed by atoms with Crippen molar-refractivity contribution < 1.29 is 5.11 Å². The lowest BCUT2D eigenvalue weighted by molar-refractivity contribution is 0.225. The smallest absolute Gasteiger partial charge is 0.0456 e. The van der Waals surface area contributed by atoms with Crippen LogP contribution in [-0.4, -0.2) is 17.5 Å². The maximum atomic E-state index is 9.04. The monoisotopic (exact) mass is 208 g/mol. The van der Waals surface area contributed by atoms with Gasteiger partial charge in [0.05, 0.1) is 0 Å². The molecule has 1 nitrogen and oxygen atoms in total. The number of thioether (sulfide) groups is 1. The molecule has 2 unspecified atom stereocenters. The average molecular weight is 208 g/mol. The average Bonchev–Trinajstić information content (AvgIpc) is 2.62. The van der Waals surface area contributed by atoms with Gasteiger partial charge in [-0.2, -0.15) is 0 Å². The first-order valence-corrected chi connectivity index (χ1v) is 6.12. The van der Waals surface area contributed by atoms with Crippen LogP contribution in [0.15, 0.2) is 29.2 Å². The highest BCUT2D eigenvalue weighted by atomic mass is 32.2. The van der Waals surface area contributed by atoms with Gasteiger partial charge >= 0.3 is 0 Å². The van der Waals surface area contributed by atoms with Gasteiger partial charge < -0.3 is 5.11 Å². The SMILES string of the molecule is CC(CO)CC1CSc2ccccc21. The molecular weight excluding hydrogens is 192 g/mol. The number of benzene rings is 1. The molecule has 2 atom stereocenters. The first kappa shape index (κ1) is 10.1. The molecule has 0 fully saturated rings. The van der Waals surface area contributed by atoms with E-state index in [-0.39, 0.29) is 0 Å². The summed E-state index contributed by atoms with van der Waals surface area (Å²) in [5.41, 5.74) is 1.48. The Morgan fingerprint density at radius 2 is 2.29 bits per heavy atom. The van der Waals surface area contributed by atoms with Crippen LogP contribution in [0.3, 0.4) is 0 Å². The number of hydrogen-bond acceptors (Lipinski definition) is 2. The van der Waals surface area contributed by atoms with Gasteiger partial charge in [0, 0.05) is 17.3 Å². The molecule has 0 spiro atoms. The Balaban J connectivity index is 2.10. The summed E-state index contributed by atoms with van der Waals surface area (Å²) in [6, 6.07) is 8.64. The largest absolute Gasteiger partial charge is 0.396 e. The van der Waals surface area contributed by atoms with Crippen LogP contribution in [-0.2, 0) is 0 Å². The van der Waals surface area contributed by atoms with Gasteiger partial charge in [-0.05, 0) is 29.9 Å². The number of hydrogen-bond donors (Lipinski definition) is 1. The topological polar surface area (TPSA) is 20.2 Å². The maximum Gasteiger partial charge on any atom is 0.0456 e. The molecule has 0 aliphatic carbocycles. The molecule has 0 aromatic heterocycles. The van der Waals surface area contributed by atoms with Crippen molar-refractivity contribution in [1.29, 1.82) is 0 Å². The molecule has 1 aliphatic rings. The number of fused-ring (bicyclic) bond motifs is 1. The lowest BCUT2D eigenvalue weighted by Crippen LogP contribution is -2.07. The van der Waals surface area contributed by atoms with E-state index in [9.17, 15) is 0 Å². The van der Waals surface area contributed by atoms with Gasteiger partial charge in [0.25, 0.3) is 0 Å². The molecule has 2 heteroatoms. The van der Waals surface area contributed by atoms with Gasteiger partial charge in [0.15, 0.2) is 0 Å². The molecule has 1 N–H and O–H groups in total. The third kappa shape index (κ3) is 1.96. The molecule has 0 radical (unpaired) electrons. The molecule has 0 saturated carbocycles. The van der Waals surface area contributed by atoms with Crippen molar-refractivity contribution in [2.24, 2.45) is 5.92 Å². The molecule has 1 aromatic carbocycles. The molecule has 0 saturated heterocycles. The van der Waals surface area contributed by atoms with Crippen LogP contribution in [0.4, 0.5) is 0 Å². The summed E-state index contributed by atoms with van der Waals surface area (Å²) in [5, 5.41) is 9.04. The van der Waals surface area contributed by atoms with Crippen molar-refractivity contribution in [2.75, 3.05) is 12.4 Å². The highest BCUT2D eigenvalue weighted by Crippen LogP contribution is 2.42. The minimum atomic E-state index is 0.309. The summed E-state index contributed by atoms with van der Waals surface area (Å²) in [6.07, 6.45) is 1.11. The third-order valence-electron chi connectivity index (χ3n) is 2.80. The van der Waals surface area contributed by atoms with E-state index in [2.05, 4.69) is 31.2 Å². The van der Waals surface area contributed by atoms with Gasteiger partial charge in [-0.25, -0.2) is 0 Å². The zero-order valence-corrected chi connectivity index (χ0v) is 9.26. The van der Waals surface area contributed by atoms with Gasteiger partial charge in [0.1, 0.15) is 0 Å². The lowest BCUT2D eigenvalue weighted by atomic mass is 9.92. The van der Waals surface area contributed by atoms with E-state index in [0.717, 1.165) is 6.42 Å². The molecule has 1 aromatic rings. The first-order chi connectivity index (χ1) is 6.81. The molecule has 0 bridgehead atoms. The van der Waals surface area contributed by atoms with Crippen LogP contribution in [0.2, 0.25) is 0 Å². The molecule has 76 valence electrons. The zero-order chi connectivity index (χ0) is 9.97. The number of rotatable bonds is 3. The van der Waals surface area contributed by atoms with Crippen molar-refractivity contribution in [3.8, 4) is 0 Å². The van der Waals surface area contributed by atoms with Gasteiger partial charge in [-0.3, -0.25) is 0 Å². The summed E-state index contributed by atoms with van der Waals surface area (Å²) in [5.74, 6) is 2.26. The predicted octanol–water partition coefficient (Wildman–Crippen LogP) is 2.89.